The highest BCUT2D eigenvalue weighted by molar-refractivity contribution is 9.11. The molecule has 0 spiro atoms. The number of carboxylic acid groups (broad SMARTS) is 1. The first-order valence-corrected chi connectivity index (χ1v) is 8.05. The van der Waals surface area contributed by atoms with Crippen LogP contribution < -0.4 is 19.5 Å². The van der Waals surface area contributed by atoms with Gasteiger partial charge in [-0.1, -0.05) is 0 Å². The second kappa shape index (κ2) is 6.29. The lowest BCUT2D eigenvalue weighted by molar-refractivity contribution is 0.0697. The third kappa shape index (κ3) is 3.09. The van der Waals surface area contributed by atoms with Gasteiger partial charge in [0.15, 0.2) is 11.5 Å². The maximum absolute atomic E-state index is 11.5. The van der Waals surface area contributed by atoms with Gasteiger partial charge in [0.2, 0.25) is 6.79 Å². The summed E-state index contributed by atoms with van der Waals surface area (Å²) in [4.78, 5) is 11.5. The summed E-state index contributed by atoms with van der Waals surface area (Å²) in [5, 5.41) is 12.5. The van der Waals surface area contributed by atoms with Crippen molar-refractivity contribution in [1.29, 1.82) is 0 Å². The maximum Gasteiger partial charge on any atom is 0.337 e. The highest BCUT2D eigenvalue weighted by Gasteiger charge is 2.21. The van der Waals surface area contributed by atoms with Gasteiger partial charge >= 0.3 is 5.97 Å². The molecule has 1 heterocycles. The summed E-state index contributed by atoms with van der Waals surface area (Å²) in [6.07, 6.45) is 0. The molecule has 23 heavy (non-hydrogen) atoms. The van der Waals surface area contributed by atoms with E-state index in [-0.39, 0.29) is 12.4 Å². The van der Waals surface area contributed by atoms with Gasteiger partial charge in [-0.3, -0.25) is 0 Å². The quantitative estimate of drug-likeness (QED) is 0.728. The molecule has 6 nitrogen and oxygen atoms in total. The summed E-state index contributed by atoms with van der Waals surface area (Å²) in [7, 11) is 1.57. The Morgan fingerprint density at radius 1 is 1.17 bits per heavy atom. The van der Waals surface area contributed by atoms with Gasteiger partial charge < -0.3 is 24.6 Å². The van der Waals surface area contributed by atoms with E-state index < -0.39 is 5.97 Å². The number of hydrogen-bond acceptors (Lipinski definition) is 5. The molecule has 0 amide bonds. The molecule has 0 saturated carbocycles. The highest BCUT2D eigenvalue weighted by atomic mass is 79.9. The lowest BCUT2D eigenvalue weighted by Crippen LogP contribution is -2.03. The Hall–Kier alpha value is -1.93. The van der Waals surface area contributed by atoms with Crippen LogP contribution in [-0.2, 0) is 0 Å². The van der Waals surface area contributed by atoms with Crippen molar-refractivity contribution >= 4 is 49.2 Å². The summed E-state index contributed by atoms with van der Waals surface area (Å²) in [5.74, 6) is 0.520. The molecule has 0 aromatic heterocycles. The molecule has 2 aromatic rings. The second-order valence-corrected chi connectivity index (χ2v) is 6.36. The van der Waals surface area contributed by atoms with Crippen molar-refractivity contribution < 1.29 is 24.1 Å². The molecule has 1 aliphatic rings. The molecule has 0 saturated heterocycles. The van der Waals surface area contributed by atoms with Crippen LogP contribution in [0.15, 0.2) is 33.2 Å². The first kappa shape index (κ1) is 15.9. The monoisotopic (exact) mass is 443 g/mol. The Balaban J connectivity index is 2.01. The van der Waals surface area contributed by atoms with Crippen molar-refractivity contribution in [2.24, 2.45) is 0 Å². The summed E-state index contributed by atoms with van der Waals surface area (Å²) < 4.78 is 17.2. The predicted molar refractivity (Wildman–Crippen MR) is 91.2 cm³/mol. The molecule has 0 radical (unpaired) electrons. The average Bonchev–Trinajstić information content (AvgIpc) is 2.93. The van der Waals surface area contributed by atoms with Crippen LogP contribution in [0.3, 0.4) is 0 Å². The molecule has 120 valence electrons. The van der Waals surface area contributed by atoms with Crippen molar-refractivity contribution in [2.75, 3.05) is 19.2 Å². The Bertz CT molecular complexity index is 771. The van der Waals surface area contributed by atoms with Gasteiger partial charge in [0.1, 0.15) is 5.75 Å². The van der Waals surface area contributed by atoms with Gasteiger partial charge in [0.25, 0.3) is 0 Å². The second-order valence-electron chi connectivity index (χ2n) is 4.65. The molecule has 0 aliphatic carbocycles. The lowest BCUT2D eigenvalue weighted by atomic mass is 10.1. The zero-order valence-corrected chi connectivity index (χ0v) is 15.0. The SMILES string of the molecule is COc1c(Br)cc(Nc2cc3c(cc2C(=O)O)OCO3)cc1Br. The molecule has 0 fully saturated rings. The van der Waals surface area contributed by atoms with Crippen molar-refractivity contribution in [2.45, 2.75) is 0 Å². The molecule has 2 aromatic carbocycles. The van der Waals surface area contributed by atoms with Crippen molar-refractivity contribution in [3.05, 3.63) is 38.8 Å². The van der Waals surface area contributed by atoms with Crippen LogP contribution in [-0.4, -0.2) is 25.0 Å². The normalized spacial score (nSPS) is 12.1. The fourth-order valence-corrected chi connectivity index (χ4v) is 3.72. The average molecular weight is 445 g/mol. The summed E-state index contributed by atoms with van der Waals surface area (Å²) in [6, 6.07) is 6.64. The number of nitrogens with one attached hydrogen (secondary N) is 1. The largest absolute Gasteiger partial charge is 0.494 e. The van der Waals surface area contributed by atoms with E-state index in [1.165, 1.54) is 6.07 Å². The fourth-order valence-electron chi connectivity index (χ4n) is 2.20. The van der Waals surface area contributed by atoms with E-state index in [2.05, 4.69) is 37.2 Å². The van der Waals surface area contributed by atoms with Gasteiger partial charge in [-0.05, 0) is 44.0 Å². The lowest BCUT2D eigenvalue weighted by Gasteiger charge is -2.13. The van der Waals surface area contributed by atoms with Crippen LogP contribution in [0.5, 0.6) is 17.2 Å². The zero-order chi connectivity index (χ0) is 16.6. The molecule has 8 heteroatoms. The minimum Gasteiger partial charge on any atom is -0.494 e. The smallest absolute Gasteiger partial charge is 0.337 e. The number of hydrogen-bond donors (Lipinski definition) is 2. The molecule has 1 aliphatic heterocycles. The zero-order valence-electron chi connectivity index (χ0n) is 11.9. The van der Waals surface area contributed by atoms with Crippen LogP contribution in [0.4, 0.5) is 11.4 Å². The van der Waals surface area contributed by atoms with E-state index >= 15 is 0 Å². The topological polar surface area (TPSA) is 77.0 Å². The number of methoxy groups -OCH3 is 1. The van der Waals surface area contributed by atoms with Crippen LogP contribution in [0, 0.1) is 0 Å². The van der Waals surface area contributed by atoms with Gasteiger partial charge in [0, 0.05) is 17.8 Å². The van der Waals surface area contributed by atoms with Gasteiger partial charge in [-0.25, -0.2) is 4.79 Å². The van der Waals surface area contributed by atoms with Gasteiger partial charge in [-0.2, -0.15) is 0 Å². The number of anilines is 2. The fraction of sp³-hybridized carbons (Fsp3) is 0.133. The Morgan fingerprint density at radius 3 is 2.35 bits per heavy atom. The number of rotatable bonds is 4. The molecule has 2 N–H and O–H groups in total. The van der Waals surface area contributed by atoms with Crippen LogP contribution >= 0.6 is 31.9 Å². The maximum atomic E-state index is 11.5. The number of carboxylic acids is 1. The van der Waals surface area contributed by atoms with Crippen molar-refractivity contribution in [3.8, 4) is 17.2 Å². The van der Waals surface area contributed by atoms with E-state index in [0.29, 0.717) is 28.6 Å². The molecular weight excluding hydrogens is 434 g/mol. The van der Waals surface area contributed by atoms with Crippen molar-refractivity contribution in [3.63, 3.8) is 0 Å². The first-order valence-electron chi connectivity index (χ1n) is 6.46. The van der Waals surface area contributed by atoms with E-state index in [1.54, 1.807) is 25.3 Å². The van der Waals surface area contributed by atoms with E-state index in [9.17, 15) is 9.90 Å². The standard InChI is InChI=1S/C15H11Br2NO5/c1-21-14-9(16)2-7(3-10(14)17)18-11-5-13-12(22-6-23-13)4-8(11)15(19)20/h2-5,18H,6H2,1H3,(H,19,20). The summed E-state index contributed by atoms with van der Waals surface area (Å²) in [6.45, 7) is 0.0808. The number of benzene rings is 2. The van der Waals surface area contributed by atoms with Gasteiger partial charge in [-0.15, -0.1) is 0 Å². The molecule has 0 bridgehead atoms. The van der Waals surface area contributed by atoms with Crippen LogP contribution in [0.25, 0.3) is 0 Å². The number of halogens is 2. The first-order chi connectivity index (χ1) is 11.0. The van der Waals surface area contributed by atoms with Gasteiger partial charge in [0.05, 0.1) is 27.3 Å². The number of ether oxygens (including phenoxy) is 3. The Labute approximate surface area is 148 Å². The molecule has 0 atom stereocenters. The van der Waals surface area contributed by atoms with Crippen LogP contribution in [0.1, 0.15) is 10.4 Å². The third-order valence-electron chi connectivity index (χ3n) is 3.22. The highest BCUT2D eigenvalue weighted by Crippen LogP contribution is 2.40. The molecule has 3 rings (SSSR count). The number of aromatic carboxylic acids is 1. The summed E-state index contributed by atoms with van der Waals surface area (Å²) >= 11 is 6.83. The minimum absolute atomic E-state index is 0.0808. The van der Waals surface area contributed by atoms with Crippen molar-refractivity contribution in [1.82, 2.24) is 0 Å². The van der Waals surface area contributed by atoms with E-state index in [4.69, 9.17) is 14.2 Å². The number of fused-ring (bicyclic) bond motifs is 1. The van der Waals surface area contributed by atoms with E-state index in [1.807, 2.05) is 0 Å². The number of carbonyl (C=O) groups is 1. The Kier molecular flexibility index (Phi) is 4.36. The predicted octanol–water partition coefficient (Wildman–Crippen LogP) is 4.39. The molecule has 0 unspecified atom stereocenters. The minimum atomic E-state index is -1.06. The van der Waals surface area contributed by atoms with E-state index in [0.717, 1.165) is 8.95 Å². The Morgan fingerprint density at radius 2 is 1.78 bits per heavy atom. The summed E-state index contributed by atoms with van der Waals surface area (Å²) in [5.41, 5.74) is 1.19. The third-order valence-corrected chi connectivity index (χ3v) is 4.40. The van der Waals surface area contributed by atoms with Crippen LogP contribution in [0.2, 0.25) is 0 Å². The molecular formula is C15H11Br2NO5.